The molecule has 1 fully saturated rings. The molecule has 0 aliphatic carbocycles. The molecule has 1 aromatic carbocycles. The molecular formula is C10H13FN2. The van der Waals surface area contributed by atoms with Crippen LogP contribution in [-0.2, 0) is 0 Å². The molecule has 2 nitrogen and oxygen atoms in total. The standard InChI is InChI=1S/C10H13FN2/c1-13-6-5-10(12-13)8-3-2-4-9(11)7-8/h2-4,7,10,12H,5-6H2,1H3. The van der Waals surface area contributed by atoms with E-state index in [0.29, 0.717) is 0 Å². The van der Waals surface area contributed by atoms with Gasteiger partial charge in [-0.2, -0.15) is 0 Å². The Morgan fingerprint density at radius 1 is 1.54 bits per heavy atom. The Balaban J connectivity index is 2.16. The van der Waals surface area contributed by atoms with E-state index in [9.17, 15) is 4.39 Å². The van der Waals surface area contributed by atoms with Gasteiger partial charge in [-0.1, -0.05) is 12.1 Å². The smallest absolute Gasteiger partial charge is 0.123 e. The molecule has 1 aliphatic rings. The van der Waals surface area contributed by atoms with Gasteiger partial charge in [0.1, 0.15) is 5.82 Å². The molecule has 0 radical (unpaired) electrons. The van der Waals surface area contributed by atoms with Crippen molar-refractivity contribution in [1.82, 2.24) is 10.4 Å². The Morgan fingerprint density at radius 2 is 2.38 bits per heavy atom. The van der Waals surface area contributed by atoms with E-state index in [0.717, 1.165) is 18.5 Å². The molecule has 1 N–H and O–H groups in total. The van der Waals surface area contributed by atoms with Gasteiger partial charge < -0.3 is 0 Å². The third-order valence-corrected chi connectivity index (χ3v) is 2.38. The summed E-state index contributed by atoms with van der Waals surface area (Å²) in [6, 6.07) is 7.06. The maximum atomic E-state index is 12.9. The first-order valence-electron chi connectivity index (χ1n) is 4.48. The molecule has 1 unspecified atom stereocenters. The molecule has 70 valence electrons. The van der Waals surface area contributed by atoms with Crippen molar-refractivity contribution in [3.63, 3.8) is 0 Å². The molecule has 0 saturated carbocycles. The summed E-state index contributed by atoms with van der Waals surface area (Å²) in [5.74, 6) is -0.158. The lowest BCUT2D eigenvalue weighted by Crippen LogP contribution is -2.27. The molecule has 3 heteroatoms. The summed E-state index contributed by atoms with van der Waals surface area (Å²) in [6.07, 6.45) is 1.04. The van der Waals surface area contributed by atoms with Gasteiger partial charge in [-0.15, -0.1) is 0 Å². The minimum absolute atomic E-state index is 0.158. The van der Waals surface area contributed by atoms with E-state index in [4.69, 9.17) is 0 Å². The first-order valence-corrected chi connectivity index (χ1v) is 4.48. The third kappa shape index (κ3) is 1.87. The summed E-state index contributed by atoms with van der Waals surface area (Å²) < 4.78 is 12.9. The Labute approximate surface area is 77.3 Å². The quantitative estimate of drug-likeness (QED) is 0.707. The van der Waals surface area contributed by atoms with E-state index in [2.05, 4.69) is 5.43 Å². The molecule has 0 bridgehead atoms. The minimum atomic E-state index is -0.158. The topological polar surface area (TPSA) is 15.3 Å². The van der Waals surface area contributed by atoms with Crippen LogP contribution in [-0.4, -0.2) is 18.6 Å². The van der Waals surface area contributed by atoms with Crippen LogP contribution < -0.4 is 5.43 Å². The average molecular weight is 180 g/mol. The highest BCUT2D eigenvalue weighted by Gasteiger charge is 2.19. The molecule has 2 rings (SSSR count). The van der Waals surface area contributed by atoms with E-state index in [-0.39, 0.29) is 11.9 Å². The molecule has 0 spiro atoms. The predicted octanol–water partition coefficient (Wildman–Crippen LogP) is 1.71. The van der Waals surface area contributed by atoms with Crippen LogP contribution in [0.1, 0.15) is 18.0 Å². The minimum Gasteiger partial charge on any atom is -0.248 e. The largest absolute Gasteiger partial charge is 0.248 e. The van der Waals surface area contributed by atoms with Crippen LogP contribution in [0.2, 0.25) is 0 Å². The van der Waals surface area contributed by atoms with Gasteiger partial charge >= 0.3 is 0 Å². The van der Waals surface area contributed by atoms with Gasteiger partial charge in [0.2, 0.25) is 0 Å². The first-order chi connectivity index (χ1) is 6.25. The van der Waals surface area contributed by atoms with Crippen LogP contribution in [0, 0.1) is 5.82 Å². The van der Waals surface area contributed by atoms with Gasteiger partial charge in [-0.25, -0.2) is 14.8 Å². The van der Waals surface area contributed by atoms with Crippen molar-refractivity contribution in [3.05, 3.63) is 35.6 Å². The second-order valence-corrected chi connectivity index (χ2v) is 3.45. The van der Waals surface area contributed by atoms with E-state index < -0.39 is 0 Å². The number of nitrogens with zero attached hydrogens (tertiary/aromatic N) is 1. The zero-order chi connectivity index (χ0) is 9.26. The summed E-state index contributed by atoms with van der Waals surface area (Å²) in [6.45, 7) is 1.02. The van der Waals surface area contributed by atoms with Gasteiger partial charge in [0, 0.05) is 19.6 Å². The first kappa shape index (κ1) is 8.66. The number of benzene rings is 1. The molecule has 1 atom stereocenters. The van der Waals surface area contributed by atoms with Gasteiger partial charge in [0.05, 0.1) is 0 Å². The van der Waals surface area contributed by atoms with Crippen molar-refractivity contribution in [3.8, 4) is 0 Å². The van der Waals surface area contributed by atoms with E-state index in [1.165, 1.54) is 6.07 Å². The van der Waals surface area contributed by atoms with Crippen molar-refractivity contribution in [2.45, 2.75) is 12.5 Å². The van der Waals surface area contributed by atoms with Crippen molar-refractivity contribution in [2.75, 3.05) is 13.6 Å². The second-order valence-electron chi connectivity index (χ2n) is 3.45. The molecular weight excluding hydrogens is 167 g/mol. The van der Waals surface area contributed by atoms with Crippen molar-refractivity contribution in [2.24, 2.45) is 0 Å². The van der Waals surface area contributed by atoms with Gasteiger partial charge in [0.15, 0.2) is 0 Å². The lowest BCUT2D eigenvalue weighted by Gasteiger charge is -2.12. The number of rotatable bonds is 1. The van der Waals surface area contributed by atoms with Crippen LogP contribution in [0.15, 0.2) is 24.3 Å². The number of nitrogens with one attached hydrogen (secondary N) is 1. The van der Waals surface area contributed by atoms with Crippen molar-refractivity contribution >= 4 is 0 Å². The summed E-state index contributed by atoms with van der Waals surface area (Å²) in [4.78, 5) is 0. The molecule has 1 saturated heterocycles. The fraction of sp³-hybridized carbons (Fsp3) is 0.400. The summed E-state index contributed by atoms with van der Waals surface area (Å²) in [7, 11) is 2.00. The second kappa shape index (κ2) is 3.44. The van der Waals surface area contributed by atoms with Gasteiger partial charge in [-0.05, 0) is 24.1 Å². The normalized spacial score (nSPS) is 23.7. The molecule has 0 amide bonds. The summed E-state index contributed by atoms with van der Waals surface area (Å²) in [5, 5.41) is 2.04. The average Bonchev–Trinajstić information content (AvgIpc) is 2.52. The lowest BCUT2D eigenvalue weighted by atomic mass is 10.1. The fourth-order valence-electron chi connectivity index (χ4n) is 1.68. The summed E-state index contributed by atoms with van der Waals surface area (Å²) in [5.41, 5.74) is 4.30. The highest BCUT2D eigenvalue weighted by Crippen LogP contribution is 2.21. The van der Waals surface area contributed by atoms with E-state index in [1.807, 2.05) is 18.1 Å². The van der Waals surface area contributed by atoms with E-state index >= 15 is 0 Å². The van der Waals surface area contributed by atoms with Gasteiger partial charge in [0.25, 0.3) is 0 Å². The maximum absolute atomic E-state index is 12.9. The number of hydrazine groups is 1. The Bertz CT molecular complexity index is 301. The number of hydrogen-bond acceptors (Lipinski definition) is 2. The molecule has 1 heterocycles. The Kier molecular flexibility index (Phi) is 2.29. The molecule has 1 aliphatic heterocycles. The van der Waals surface area contributed by atoms with Crippen LogP contribution in [0.25, 0.3) is 0 Å². The zero-order valence-electron chi connectivity index (χ0n) is 7.63. The number of halogens is 1. The van der Waals surface area contributed by atoms with Crippen LogP contribution in [0.3, 0.4) is 0 Å². The van der Waals surface area contributed by atoms with Crippen LogP contribution in [0.5, 0.6) is 0 Å². The lowest BCUT2D eigenvalue weighted by molar-refractivity contribution is 0.292. The Morgan fingerprint density at radius 3 is 3.00 bits per heavy atom. The van der Waals surface area contributed by atoms with Crippen LogP contribution in [0.4, 0.5) is 4.39 Å². The summed E-state index contributed by atoms with van der Waals surface area (Å²) >= 11 is 0. The van der Waals surface area contributed by atoms with Crippen LogP contribution >= 0.6 is 0 Å². The number of hydrogen-bond donors (Lipinski definition) is 1. The molecule has 13 heavy (non-hydrogen) atoms. The highest BCUT2D eigenvalue weighted by atomic mass is 19.1. The zero-order valence-corrected chi connectivity index (χ0v) is 7.63. The highest BCUT2D eigenvalue weighted by molar-refractivity contribution is 5.20. The van der Waals surface area contributed by atoms with E-state index in [1.54, 1.807) is 12.1 Å². The van der Waals surface area contributed by atoms with Crippen molar-refractivity contribution < 1.29 is 4.39 Å². The molecule has 0 aromatic heterocycles. The maximum Gasteiger partial charge on any atom is 0.123 e. The monoisotopic (exact) mass is 180 g/mol. The van der Waals surface area contributed by atoms with Gasteiger partial charge in [-0.3, -0.25) is 0 Å². The predicted molar refractivity (Wildman–Crippen MR) is 49.5 cm³/mol. The SMILES string of the molecule is CN1CCC(c2cccc(F)c2)N1. The fourth-order valence-corrected chi connectivity index (χ4v) is 1.68. The Hall–Kier alpha value is -0.930. The van der Waals surface area contributed by atoms with Crippen molar-refractivity contribution in [1.29, 1.82) is 0 Å². The molecule has 1 aromatic rings. The third-order valence-electron chi connectivity index (χ3n) is 2.38.